The average molecular weight is 547 g/mol. The van der Waals surface area contributed by atoms with Crippen LogP contribution >= 0.6 is 24.0 Å². The van der Waals surface area contributed by atoms with Gasteiger partial charge in [0, 0.05) is 52.3 Å². The Kier molecular flexibility index (Phi) is 9.79. The third-order valence-corrected chi connectivity index (χ3v) is 6.61. The first kappa shape index (κ1) is 24.7. The third kappa shape index (κ3) is 6.75. The molecule has 0 radical (unpaired) electrons. The number of rotatable bonds is 6. The third-order valence-electron chi connectivity index (χ3n) is 6.61. The summed E-state index contributed by atoms with van der Waals surface area (Å²) in [4.78, 5) is 9.85. The van der Waals surface area contributed by atoms with Gasteiger partial charge < -0.3 is 24.3 Å². The van der Waals surface area contributed by atoms with Crippen molar-refractivity contribution in [3.8, 4) is 0 Å². The number of ether oxygens (including phenoxy) is 2. The summed E-state index contributed by atoms with van der Waals surface area (Å²) in [6.45, 7) is 11.3. The van der Waals surface area contributed by atoms with Crippen molar-refractivity contribution >= 4 is 29.9 Å². The normalized spacial score (nSPS) is 25.1. The van der Waals surface area contributed by atoms with Crippen LogP contribution in [0.3, 0.4) is 0 Å². The Morgan fingerprint density at radius 2 is 2.00 bits per heavy atom. The molecule has 9 nitrogen and oxygen atoms in total. The van der Waals surface area contributed by atoms with E-state index in [1.165, 1.54) is 12.8 Å². The highest BCUT2D eigenvalue weighted by molar-refractivity contribution is 14.0. The zero-order valence-electron chi connectivity index (χ0n) is 19.0. The van der Waals surface area contributed by atoms with Crippen LogP contribution < -0.4 is 5.32 Å². The summed E-state index contributed by atoms with van der Waals surface area (Å²) in [6, 6.07) is 0. The number of likely N-dealkylation sites (tertiary alicyclic amines) is 1. The van der Waals surface area contributed by atoms with Crippen molar-refractivity contribution in [2.24, 2.45) is 18.0 Å². The number of guanidine groups is 1. The van der Waals surface area contributed by atoms with Crippen LogP contribution in [0, 0.1) is 12.8 Å². The molecule has 4 heterocycles. The van der Waals surface area contributed by atoms with E-state index in [9.17, 15) is 0 Å². The van der Waals surface area contributed by atoms with E-state index in [1.807, 2.05) is 18.5 Å². The van der Waals surface area contributed by atoms with Gasteiger partial charge in [-0.05, 0) is 39.2 Å². The predicted molar refractivity (Wildman–Crippen MR) is 131 cm³/mol. The Morgan fingerprint density at radius 3 is 2.77 bits per heavy atom. The van der Waals surface area contributed by atoms with Gasteiger partial charge in [-0.2, -0.15) is 0 Å². The Morgan fingerprint density at radius 1 is 1.16 bits per heavy atom. The van der Waals surface area contributed by atoms with Gasteiger partial charge in [0.1, 0.15) is 12.4 Å². The van der Waals surface area contributed by atoms with Crippen molar-refractivity contribution in [1.29, 1.82) is 0 Å². The topological polar surface area (TPSA) is 80.0 Å². The molecule has 176 valence electrons. The van der Waals surface area contributed by atoms with Crippen LogP contribution in [-0.4, -0.2) is 95.7 Å². The molecule has 0 spiro atoms. The molecule has 0 aliphatic carbocycles. The molecule has 0 saturated carbocycles. The molecule has 3 fully saturated rings. The number of piperidine rings is 1. The maximum Gasteiger partial charge on any atom is 0.194 e. The molecule has 3 saturated heterocycles. The highest BCUT2D eigenvalue weighted by atomic mass is 127. The molecule has 0 bridgehead atoms. The number of hydrogen-bond donors (Lipinski definition) is 1. The van der Waals surface area contributed by atoms with Gasteiger partial charge >= 0.3 is 0 Å². The number of aromatic nitrogens is 3. The first-order valence-electron chi connectivity index (χ1n) is 11.5. The van der Waals surface area contributed by atoms with E-state index in [0.717, 1.165) is 89.5 Å². The Labute approximate surface area is 203 Å². The van der Waals surface area contributed by atoms with Gasteiger partial charge in [0.15, 0.2) is 11.8 Å². The molecule has 10 heteroatoms. The zero-order chi connectivity index (χ0) is 20.8. The second-order valence-corrected chi connectivity index (χ2v) is 8.64. The lowest BCUT2D eigenvalue weighted by molar-refractivity contribution is -0.0559. The molecule has 0 amide bonds. The van der Waals surface area contributed by atoms with Crippen LogP contribution in [0.2, 0.25) is 0 Å². The Bertz CT molecular complexity index is 708. The summed E-state index contributed by atoms with van der Waals surface area (Å²) in [7, 11) is 2.00. The molecule has 2 unspecified atom stereocenters. The van der Waals surface area contributed by atoms with Crippen LogP contribution in [0.25, 0.3) is 0 Å². The predicted octanol–water partition coefficient (Wildman–Crippen LogP) is 1.41. The van der Waals surface area contributed by atoms with Gasteiger partial charge in [0.25, 0.3) is 0 Å². The number of aryl methyl sites for hydroxylation is 1. The van der Waals surface area contributed by atoms with E-state index in [0.29, 0.717) is 18.6 Å². The summed E-state index contributed by atoms with van der Waals surface area (Å²) in [5.41, 5.74) is 0. The summed E-state index contributed by atoms with van der Waals surface area (Å²) in [6.07, 6.45) is 5.05. The van der Waals surface area contributed by atoms with Crippen molar-refractivity contribution in [2.75, 3.05) is 59.1 Å². The number of nitrogens with zero attached hydrogens (tertiary/aromatic N) is 6. The summed E-state index contributed by atoms with van der Waals surface area (Å²) in [5, 5.41) is 12.1. The van der Waals surface area contributed by atoms with Gasteiger partial charge in [-0.3, -0.25) is 4.90 Å². The van der Waals surface area contributed by atoms with Crippen LogP contribution in [0.5, 0.6) is 0 Å². The molecule has 1 aromatic heterocycles. The molecule has 3 aliphatic heterocycles. The number of halogens is 1. The standard InChI is InChI=1S/C21H37N7O2.HI/c1-17-24-25-20(26(17)2)15-23-21(22-7-4-8-27-10-13-29-14-11-27)28-9-6-19-18(16-28)5-3-12-30-19;/h18-19H,3-16H2,1-2H3,(H,22,23);1H. The van der Waals surface area contributed by atoms with Gasteiger partial charge in [-0.1, -0.05) is 0 Å². The van der Waals surface area contributed by atoms with Crippen molar-refractivity contribution < 1.29 is 9.47 Å². The number of aliphatic imine (C=N–C) groups is 1. The van der Waals surface area contributed by atoms with Crippen molar-refractivity contribution in [3.63, 3.8) is 0 Å². The van der Waals surface area contributed by atoms with Crippen LogP contribution in [0.15, 0.2) is 4.99 Å². The average Bonchev–Trinajstić information content (AvgIpc) is 3.11. The van der Waals surface area contributed by atoms with Gasteiger partial charge in [0.05, 0.1) is 19.3 Å². The lowest BCUT2D eigenvalue weighted by Gasteiger charge is -2.42. The highest BCUT2D eigenvalue weighted by Crippen LogP contribution is 2.28. The highest BCUT2D eigenvalue weighted by Gasteiger charge is 2.33. The van der Waals surface area contributed by atoms with E-state index in [1.54, 1.807) is 0 Å². The zero-order valence-corrected chi connectivity index (χ0v) is 21.3. The van der Waals surface area contributed by atoms with E-state index in [-0.39, 0.29) is 24.0 Å². The van der Waals surface area contributed by atoms with Gasteiger partial charge in [-0.15, -0.1) is 34.2 Å². The molecule has 0 aromatic carbocycles. The molecule has 4 rings (SSSR count). The smallest absolute Gasteiger partial charge is 0.194 e. The van der Waals surface area contributed by atoms with Crippen LogP contribution in [0.4, 0.5) is 0 Å². The number of nitrogens with one attached hydrogen (secondary N) is 1. The number of hydrogen-bond acceptors (Lipinski definition) is 6. The largest absolute Gasteiger partial charge is 0.379 e. The monoisotopic (exact) mass is 547 g/mol. The fourth-order valence-corrected chi connectivity index (χ4v) is 4.61. The number of morpholine rings is 1. The van der Waals surface area contributed by atoms with Crippen molar-refractivity contribution in [3.05, 3.63) is 11.6 Å². The fourth-order valence-electron chi connectivity index (χ4n) is 4.61. The number of fused-ring (bicyclic) bond motifs is 1. The Hall–Kier alpha value is -0.980. The molecular weight excluding hydrogens is 509 g/mol. The van der Waals surface area contributed by atoms with Crippen LogP contribution in [0.1, 0.15) is 37.3 Å². The molecule has 3 aliphatic rings. The Balaban J connectivity index is 0.00000272. The van der Waals surface area contributed by atoms with E-state index < -0.39 is 0 Å². The quantitative estimate of drug-likeness (QED) is 0.250. The minimum atomic E-state index is 0. The van der Waals surface area contributed by atoms with Crippen molar-refractivity contribution in [2.45, 2.75) is 45.3 Å². The first-order chi connectivity index (χ1) is 14.7. The van der Waals surface area contributed by atoms with Gasteiger partial charge in [-0.25, -0.2) is 4.99 Å². The van der Waals surface area contributed by atoms with E-state index in [2.05, 4.69) is 25.3 Å². The summed E-state index contributed by atoms with van der Waals surface area (Å²) in [5.74, 6) is 3.43. The minimum absolute atomic E-state index is 0. The summed E-state index contributed by atoms with van der Waals surface area (Å²) >= 11 is 0. The molecule has 2 atom stereocenters. The van der Waals surface area contributed by atoms with Gasteiger partial charge in [0.2, 0.25) is 0 Å². The maximum absolute atomic E-state index is 6.00. The molecule has 31 heavy (non-hydrogen) atoms. The van der Waals surface area contributed by atoms with Crippen LogP contribution in [-0.2, 0) is 23.1 Å². The second-order valence-electron chi connectivity index (χ2n) is 8.64. The maximum atomic E-state index is 6.00. The minimum Gasteiger partial charge on any atom is -0.379 e. The van der Waals surface area contributed by atoms with E-state index >= 15 is 0 Å². The lowest BCUT2D eigenvalue weighted by atomic mass is 9.88. The molecule has 1 aromatic rings. The SMILES string of the molecule is Cc1nnc(CN=C(NCCCN2CCOCC2)N2CCC3OCCCC3C2)n1C.I. The van der Waals surface area contributed by atoms with Crippen molar-refractivity contribution in [1.82, 2.24) is 29.9 Å². The fraction of sp³-hybridized carbons (Fsp3) is 0.857. The second kappa shape index (κ2) is 12.3. The summed E-state index contributed by atoms with van der Waals surface area (Å²) < 4.78 is 13.5. The molecule has 1 N–H and O–H groups in total. The molecular formula is C21H38IN7O2. The van der Waals surface area contributed by atoms with E-state index in [4.69, 9.17) is 14.5 Å². The lowest BCUT2D eigenvalue weighted by Crippen LogP contribution is -2.52. The first-order valence-corrected chi connectivity index (χ1v) is 11.5.